The Kier molecular flexibility index (Phi) is 3.61. The molecule has 20 heavy (non-hydrogen) atoms. The molecule has 3 aromatic rings. The second kappa shape index (κ2) is 5.55. The Balaban J connectivity index is 1.81. The molecule has 2 aromatic heterocycles. The van der Waals surface area contributed by atoms with Crippen LogP contribution in [0, 0.1) is 6.92 Å². The van der Waals surface area contributed by atoms with Gasteiger partial charge >= 0.3 is 0 Å². The van der Waals surface area contributed by atoms with Gasteiger partial charge in [-0.05, 0) is 61.2 Å². The van der Waals surface area contributed by atoms with Crippen molar-refractivity contribution in [1.29, 1.82) is 0 Å². The number of nitrogens with zero attached hydrogens (tertiary/aromatic N) is 1. The number of rotatable bonds is 4. The van der Waals surface area contributed by atoms with E-state index in [9.17, 15) is 0 Å². The normalized spacial score (nSPS) is 12.3. The maximum atomic E-state index is 3.58. The monoisotopic (exact) mass is 282 g/mol. The third-order valence-electron chi connectivity index (χ3n) is 3.43. The highest BCUT2D eigenvalue weighted by Crippen LogP contribution is 2.27. The first-order valence-corrected chi connectivity index (χ1v) is 7.66. The van der Waals surface area contributed by atoms with Crippen LogP contribution in [0.5, 0.6) is 0 Å². The van der Waals surface area contributed by atoms with Gasteiger partial charge in [0.25, 0.3) is 0 Å². The third-order valence-corrected chi connectivity index (χ3v) is 4.63. The van der Waals surface area contributed by atoms with Crippen molar-refractivity contribution >= 4 is 17.0 Å². The van der Waals surface area contributed by atoms with Gasteiger partial charge in [0.1, 0.15) is 0 Å². The lowest BCUT2D eigenvalue weighted by atomic mass is 10.2. The van der Waals surface area contributed by atoms with Crippen molar-refractivity contribution in [3.8, 4) is 5.69 Å². The molecular formula is C17H18N2S. The minimum atomic E-state index is 0.329. The highest BCUT2D eigenvalue weighted by Gasteiger charge is 2.09. The smallest absolute Gasteiger partial charge is 0.0581 e. The van der Waals surface area contributed by atoms with E-state index in [1.165, 1.54) is 16.1 Å². The molecule has 0 saturated carbocycles. The van der Waals surface area contributed by atoms with Crippen LogP contribution < -0.4 is 5.32 Å². The molecule has 0 radical (unpaired) electrons. The number of nitrogens with one attached hydrogen (secondary N) is 1. The van der Waals surface area contributed by atoms with E-state index in [1.54, 1.807) is 0 Å². The van der Waals surface area contributed by atoms with Crippen molar-refractivity contribution in [1.82, 2.24) is 4.57 Å². The summed E-state index contributed by atoms with van der Waals surface area (Å²) in [7, 11) is 0. The van der Waals surface area contributed by atoms with Gasteiger partial charge < -0.3 is 9.88 Å². The molecule has 0 spiro atoms. The second-order valence-electron chi connectivity index (χ2n) is 4.97. The molecule has 3 rings (SSSR count). The van der Waals surface area contributed by atoms with Crippen molar-refractivity contribution < 1.29 is 0 Å². The van der Waals surface area contributed by atoms with Crippen LogP contribution in [0.15, 0.2) is 60.2 Å². The minimum Gasteiger partial charge on any atom is -0.378 e. The first-order chi connectivity index (χ1) is 9.74. The van der Waals surface area contributed by atoms with Gasteiger partial charge in [0.2, 0.25) is 0 Å². The molecule has 0 saturated heterocycles. The summed E-state index contributed by atoms with van der Waals surface area (Å²) in [5.74, 6) is 0. The van der Waals surface area contributed by atoms with E-state index in [2.05, 4.69) is 71.8 Å². The Labute approximate surface area is 123 Å². The van der Waals surface area contributed by atoms with Crippen molar-refractivity contribution in [3.63, 3.8) is 0 Å². The summed E-state index contributed by atoms with van der Waals surface area (Å²) in [6.45, 7) is 4.38. The maximum absolute atomic E-state index is 3.58. The van der Waals surface area contributed by atoms with Crippen LogP contribution in [0.2, 0.25) is 0 Å². The largest absolute Gasteiger partial charge is 0.378 e. The Morgan fingerprint density at radius 1 is 1.10 bits per heavy atom. The van der Waals surface area contributed by atoms with E-state index in [0.717, 1.165) is 5.69 Å². The molecule has 0 bridgehead atoms. The van der Waals surface area contributed by atoms with Crippen LogP contribution in [0.1, 0.15) is 23.4 Å². The molecule has 0 aliphatic rings. The molecule has 0 aliphatic heterocycles. The van der Waals surface area contributed by atoms with Gasteiger partial charge in [-0.25, -0.2) is 0 Å². The predicted octanol–water partition coefficient (Wildman–Crippen LogP) is 5.02. The molecule has 1 atom stereocenters. The van der Waals surface area contributed by atoms with Gasteiger partial charge in [0, 0.05) is 28.6 Å². The first-order valence-electron chi connectivity index (χ1n) is 6.78. The van der Waals surface area contributed by atoms with Crippen LogP contribution in [0.4, 0.5) is 5.69 Å². The maximum Gasteiger partial charge on any atom is 0.0581 e. The Morgan fingerprint density at radius 3 is 2.60 bits per heavy atom. The SMILES string of the molecule is Cc1ccsc1C(C)Nc1cccc(-n2cccc2)c1. The average molecular weight is 282 g/mol. The molecule has 102 valence electrons. The molecule has 2 nitrogen and oxygen atoms in total. The molecule has 1 N–H and O–H groups in total. The predicted molar refractivity (Wildman–Crippen MR) is 86.9 cm³/mol. The van der Waals surface area contributed by atoms with E-state index < -0.39 is 0 Å². The number of benzene rings is 1. The van der Waals surface area contributed by atoms with Gasteiger partial charge in [-0.3, -0.25) is 0 Å². The summed E-state index contributed by atoms with van der Waals surface area (Å²) in [5.41, 5.74) is 3.68. The Morgan fingerprint density at radius 2 is 1.90 bits per heavy atom. The van der Waals surface area contributed by atoms with Crippen LogP contribution in [-0.2, 0) is 0 Å². The fraction of sp³-hybridized carbons (Fsp3) is 0.176. The summed E-state index contributed by atoms with van der Waals surface area (Å²) < 4.78 is 2.12. The minimum absolute atomic E-state index is 0.329. The van der Waals surface area contributed by atoms with Gasteiger partial charge in [-0.1, -0.05) is 6.07 Å². The summed E-state index contributed by atoms with van der Waals surface area (Å²) in [6, 6.07) is 15.1. The van der Waals surface area contributed by atoms with Gasteiger partial charge in [-0.2, -0.15) is 0 Å². The quantitative estimate of drug-likeness (QED) is 0.711. The van der Waals surface area contributed by atoms with Crippen LogP contribution >= 0.6 is 11.3 Å². The summed E-state index contributed by atoms with van der Waals surface area (Å²) in [4.78, 5) is 1.40. The molecule has 0 fully saturated rings. The molecule has 2 heterocycles. The standard InChI is InChI=1S/C17H18N2S/c1-13-8-11-20-17(13)14(2)18-15-6-5-7-16(12-15)19-9-3-4-10-19/h3-12,14,18H,1-2H3. The zero-order chi connectivity index (χ0) is 13.9. The lowest BCUT2D eigenvalue weighted by molar-refractivity contribution is 0.898. The highest BCUT2D eigenvalue weighted by atomic mass is 32.1. The lowest BCUT2D eigenvalue weighted by Crippen LogP contribution is -2.06. The zero-order valence-electron chi connectivity index (χ0n) is 11.7. The summed E-state index contributed by atoms with van der Waals surface area (Å²) >= 11 is 1.81. The number of hydrogen-bond acceptors (Lipinski definition) is 2. The highest BCUT2D eigenvalue weighted by molar-refractivity contribution is 7.10. The fourth-order valence-corrected chi connectivity index (χ4v) is 3.34. The fourth-order valence-electron chi connectivity index (χ4n) is 2.41. The second-order valence-corrected chi connectivity index (χ2v) is 5.92. The Hall–Kier alpha value is -2.00. The Bertz CT molecular complexity index is 683. The van der Waals surface area contributed by atoms with Gasteiger partial charge in [0.05, 0.1) is 6.04 Å². The lowest BCUT2D eigenvalue weighted by Gasteiger charge is -2.16. The number of aryl methyl sites for hydroxylation is 1. The molecule has 1 unspecified atom stereocenters. The van der Waals surface area contributed by atoms with Crippen LogP contribution in [0.3, 0.4) is 0 Å². The zero-order valence-corrected chi connectivity index (χ0v) is 12.5. The topological polar surface area (TPSA) is 17.0 Å². The molecule has 0 aliphatic carbocycles. The van der Waals surface area contributed by atoms with E-state index in [0.29, 0.717) is 6.04 Å². The summed E-state index contributed by atoms with van der Waals surface area (Å²) in [5, 5.41) is 5.74. The molecular weight excluding hydrogens is 264 g/mol. The van der Waals surface area contributed by atoms with Crippen molar-refractivity contribution in [2.24, 2.45) is 0 Å². The average Bonchev–Trinajstić information content (AvgIpc) is 3.09. The number of hydrogen-bond donors (Lipinski definition) is 1. The number of thiophene rings is 1. The molecule has 3 heteroatoms. The number of aromatic nitrogens is 1. The van der Waals surface area contributed by atoms with E-state index in [1.807, 2.05) is 23.5 Å². The summed E-state index contributed by atoms with van der Waals surface area (Å²) in [6.07, 6.45) is 4.12. The van der Waals surface area contributed by atoms with E-state index >= 15 is 0 Å². The van der Waals surface area contributed by atoms with Crippen LogP contribution in [-0.4, -0.2) is 4.57 Å². The third kappa shape index (κ3) is 2.63. The molecule has 1 aromatic carbocycles. The number of anilines is 1. The van der Waals surface area contributed by atoms with Gasteiger partial charge in [0.15, 0.2) is 0 Å². The van der Waals surface area contributed by atoms with Crippen molar-refractivity contribution in [2.45, 2.75) is 19.9 Å². The van der Waals surface area contributed by atoms with Crippen molar-refractivity contribution in [3.05, 3.63) is 70.7 Å². The first kappa shape index (κ1) is 13.0. The van der Waals surface area contributed by atoms with Crippen LogP contribution in [0.25, 0.3) is 5.69 Å². The van der Waals surface area contributed by atoms with E-state index in [-0.39, 0.29) is 0 Å². The van der Waals surface area contributed by atoms with Crippen molar-refractivity contribution in [2.75, 3.05) is 5.32 Å². The van der Waals surface area contributed by atoms with E-state index in [4.69, 9.17) is 0 Å². The van der Waals surface area contributed by atoms with Gasteiger partial charge in [-0.15, -0.1) is 11.3 Å². The molecule has 0 amide bonds.